The van der Waals surface area contributed by atoms with Crippen LogP contribution in [0, 0.1) is 0 Å². The molecule has 0 amide bonds. The topological polar surface area (TPSA) is 0 Å². The number of benzene rings is 1. The molecule has 0 N–H and O–H groups in total. The summed E-state index contributed by atoms with van der Waals surface area (Å²) in [6, 6.07) is 7.27. The molecule has 0 heterocycles. The molecule has 0 bridgehead atoms. The molecule has 1 aromatic carbocycles. The number of rotatable bonds is 18. The van der Waals surface area contributed by atoms with Crippen LogP contribution in [0.25, 0.3) is 0 Å². The number of aryl methyl sites for hydroxylation is 3. The number of halogens is 3. The minimum atomic E-state index is 0.798. The maximum atomic E-state index is 5.80. The molecular formula is C24H39Cl3. The number of unbranched alkanes of at least 4 members (excludes halogenated alkanes) is 9. The third kappa shape index (κ3) is 13.0. The van der Waals surface area contributed by atoms with Gasteiger partial charge in [0.25, 0.3) is 0 Å². The molecule has 0 atom stereocenters. The van der Waals surface area contributed by atoms with Crippen LogP contribution in [0.5, 0.6) is 0 Å². The quantitative estimate of drug-likeness (QED) is 0.160. The first-order chi connectivity index (χ1) is 13.3. The predicted molar refractivity (Wildman–Crippen MR) is 125 cm³/mol. The van der Waals surface area contributed by atoms with Crippen LogP contribution in [0.3, 0.4) is 0 Å². The third-order valence-electron chi connectivity index (χ3n) is 5.28. The summed E-state index contributed by atoms with van der Waals surface area (Å²) in [5.74, 6) is 2.40. The van der Waals surface area contributed by atoms with E-state index >= 15 is 0 Å². The highest BCUT2D eigenvalue weighted by Gasteiger charge is 2.05. The van der Waals surface area contributed by atoms with Gasteiger partial charge in [-0.25, -0.2) is 0 Å². The average molecular weight is 434 g/mol. The van der Waals surface area contributed by atoms with Crippen molar-refractivity contribution in [3.63, 3.8) is 0 Å². The van der Waals surface area contributed by atoms with E-state index in [1.165, 1.54) is 82.6 Å². The van der Waals surface area contributed by atoms with Crippen LogP contribution in [0.1, 0.15) is 93.7 Å². The average Bonchev–Trinajstić information content (AvgIpc) is 2.68. The first-order valence-corrected chi connectivity index (χ1v) is 12.7. The fraction of sp³-hybridized carbons (Fsp3) is 0.750. The van der Waals surface area contributed by atoms with Gasteiger partial charge in [0.05, 0.1) is 0 Å². The predicted octanol–water partition coefficient (Wildman–Crippen LogP) is 8.71. The summed E-state index contributed by atoms with van der Waals surface area (Å²) in [6.07, 6.45) is 18.6. The van der Waals surface area contributed by atoms with Crippen molar-refractivity contribution in [2.75, 3.05) is 17.6 Å². The van der Waals surface area contributed by atoms with Crippen molar-refractivity contribution in [3.8, 4) is 0 Å². The molecule has 0 aliphatic carbocycles. The van der Waals surface area contributed by atoms with Crippen molar-refractivity contribution >= 4 is 34.8 Å². The maximum Gasteiger partial charge on any atom is 0.0223 e. The van der Waals surface area contributed by atoms with Gasteiger partial charge in [0.15, 0.2) is 0 Å². The molecular weight excluding hydrogens is 395 g/mol. The van der Waals surface area contributed by atoms with Crippen molar-refractivity contribution in [1.29, 1.82) is 0 Å². The molecule has 1 rings (SSSR count). The second-order valence-electron chi connectivity index (χ2n) is 7.66. The van der Waals surface area contributed by atoms with Gasteiger partial charge >= 0.3 is 0 Å². The van der Waals surface area contributed by atoms with E-state index in [1.54, 1.807) is 11.1 Å². The van der Waals surface area contributed by atoms with Crippen LogP contribution in [-0.2, 0) is 19.3 Å². The highest BCUT2D eigenvalue weighted by Crippen LogP contribution is 2.20. The van der Waals surface area contributed by atoms with Crippen LogP contribution in [-0.4, -0.2) is 17.6 Å². The number of hydrogen-bond donors (Lipinski definition) is 0. The molecule has 0 fully saturated rings. The largest absolute Gasteiger partial charge is 0.127 e. The lowest BCUT2D eigenvalue weighted by atomic mass is 9.93. The summed E-state index contributed by atoms with van der Waals surface area (Å²) >= 11 is 17.4. The SMILES string of the molecule is ClCCCCCCc1ccc(CCCCCCCl)c(CCCCCCCl)c1. The van der Waals surface area contributed by atoms with Crippen molar-refractivity contribution < 1.29 is 0 Å². The number of hydrogen-bond acceptors (Lipinski definition) is 0. The van der Waals surface area contributed by atoms with Gasteiger partial charge in [-0.1, -0.05) is 56.7 Å². The first kappa shape index (κ1) is 25.1. The highest BCUT2D eigenvalue weighted by molar-refractivity contribution is 6.18. The van der Waals surface area contributed by atoms with E-state index in [9.17, 15) is 0 Å². The zero-order valence-electron chi connectivity index (χ0n) is 17.1. The van der Waals surface area contributed by atoms with Gasteiger partial charge in [-0.2, -0.15) is 0 Å². The Morgan fingerprint density at radius 1 is 0.444 bits per heavy atom. The second kappa shape index (κ2) is 18.1. The third-order valence-corrected chi connectivity index (χ3v) is 6.08. The lowest BCUT2D eigenvalue weighted by Crippen LogP contribution is -1.98. The lowest BCUT2D eigenvalue weighted by Gasteiger charge is -2.13. The van der Waals surface area contributed by atoms with Gasteiger partial charge in [0, 0.05) is 17.6 Å². The van der Waals surface area contributed by atoms with Gasteiger partial charge in [0.2, 0.25) is 0 Å². The zero-order chi connectivity index (χ0) is 19.6. The Labute approximate surface area is 183 Å². The second-order valence-corrected chi connectivity index (χ2v) is 8.80. The van der Waals surface area contributed by atoms with Crippen LogP contribution in [0.15, 0.2) is 18.2 Å². The molecule has 0 saturated heterocycles. The monoisotopic (exact) mass is 432 g/mol. The molecule has 3 heteroatoms. The first-order valence-electron chi connectivity index (χ1n) is 11.1. The van der Waals surface area contributed by atoms with E-state index in [1.807, 2.05) is 0 Å². The van der Waals surface area contributed by atoms with E-state index in [-0.39, 0.29) is 0 Å². The number of alkyl halides is 3. The van der Waals surface area contributed by atoms with Crippen molar-refractivity contribution in [3.05, 3.63) is 34.9 Å². The van der Waals surface area contributed by atoms with Crippen LogP contribution in [0.2, 0.25) is 0 Å². The highest BCUT2D eigenvalue weighted by atomic mass is 35.5. The molecule has 0 radical (unpaired) electrons. The van der Waals surface area contributed by atoms with E-state index in [4.69, 9.17) is 34.8 Å². The minimum absolute atomic E-state index is 0.798. The Morgan fingerprint density at radius 2 is 0.889 bits per heavy atom. The Kier molecular flexibility index (Phi) is 16.9. The molecule has 156 valence electrons. The smallest absolute Gasteiger partial charge is 0.0223 e. The van der Waals surface area contributed by atoms with Crippen molar-refractivity contribution in [2.45, 2.75) is 96.3 Å². The lowest BCUT2D eigenvalue weighted by molar-refractivity contribution is 0.650. The van der Waals surface area contributed by atoms with Crippen molar-refractivity contribution in [2.24, 2.45) is 0 Å². The Hall–Kier alpha value is 0.0900. The Balaban J connectivity index is 2.52. The summed E-state index contributed by atoms with van der Waals surface area (Å²) in [5, 5.41) is 0. The van der Waals surface area contributed by atoms with Gasteiger partial charge in [0.1, 0.15) is 0 Å². The molecule has 27 heavy (non-hydrogen) atoms. The molecule has 0 aliphatic heterocycles. The molecule has 1 aromatic rings. The molecule has 0 aromatic heterocycles. The molecule has 0 unspecified atom stereocenters. The van der Waals surface area contributed by atoms with Crippen LogP contribution < -0.4 is 0 Å². The minimum Gasteiger partial charge on any atom is -0.127 e. The van der Waals surface area contributed by atoms with Crippen LogP contribution >= 0.6 is 34.8 Å². The van der Waals surface area contributed by atoms with Gasteiger partial charge in [-0.3, -0.25) is 0 Å². The summed E-state index contributed by atoms with van der Waals surface area (Å²) in [5.41, 5.74) is 4.68. The van der Waals surface area contributed by atoms with Crippen LogP contribution in [0.4, 0.5) is 0 Å². The summed E-state index contributed by atoms with van der Waals surface area (Å²) in [7, 11) is 0. The Bertz CT molecular complexity index is 459. The molecule has 0 nitrogen and oxygen atoms in total. The van der Waals surface area contributed by atoms with Crippen molar-refractivity contribution in [1.82, 2.24) is 0 Å². The molecule has 0 spiro atoms. The normalized spacial score (nSPS) is 11.2. The van der Waals surface area contributed by atoms with E-state index < -0.39 is 0 Å². The molecule has 0 aliphatic rings. The summed E-state index contributed by atoms with van der Waals surface area (Å²) in [6.45, 7) is 0. The Morgan fingerprint density at radius 3 is 1.41 bits per heavy atom. The fourth-order valence-electron chi connectivity index (χ4n) is 3.62. The van der Waals surface area contributed by atoms with E-state index in [0.29, 0.717) is 0 Å². The summed E-state index contributed by atoms with van der Waals surface area (Å²) in [4.78, 5) is 0. The molecule has 0 saturated carbocycles. The van der Waals surface area contributed by atoms with E-state index in [2.05, 4.69) is 18.2 Å². The maximum absolute atomic E-state index is 5.80. The van der Waals surface area contributed by atoms with Gasteiger partial charge < -0.3 is 0 Å². The fourth-order valence-corrected chi connectivity index (χ4v) is 4.18. The van der Waals surface area contributed by atoms with E-state index in [0.717, 1.165) is 36.9 Å². The standard InChI is InChI=1S/C24H39Cl3/c25-18-10-4-1-7-13-22-16-17-23(14-8-2-5-11-19-26)24(21-22)15-9-3-6-12-20-27/h16-17,21H,1-15,18-20H2. The van der Waals surface area contributed by atoms with Gasteiger partial charge in [-0.15, -0.1) is 34.8 Å². The zero-order valence-corrected chi connectivity index (χ0v) is 19.4. The summed E-state index contributed by atoms with van der Waals surface area (Å²) < 4.78 is 0. The van der Waals surface area contributed by atoms with Gasteiger partial charge in [-0.05, 0) is 74.5 Å².